The minimum absolute atomic E-state index is 0.101. The van der Waals surface area contributed by atoms with Crippen molar-refractivity contribution >= 4 is 11.3 Å². The average Bonchev–Trinajstić information content (AvgIpc) is 2.34. The van der Waals surface area contributed by atoms with Crippen LogP contribution < -0.4 is 10.6 Å². The summed E-state index contributed by atoms with van der Waals surface area (Å²) in [6, 6.07) is 0. The molecule has 4 heteroatoms. The van der Waals surface area contributed by atoms with Crippen molar-refractivity contribution in [2.24, 2.45) is 5.73 Å². The van der Waals surface area contributed by atoms with Gasteiger partial charge in [-0.2, -0.15) is 0 Å². The van der Waals surface area contributed by atoms with Crippen LogP contribution in [0.15, 0.2) is 10.2 Å². The van der Waals surface area contributed by atoms with Crippen molar-refractivity contribution in [1.82, 2.24) is 4.57 Å². The van der Waals surface area contributed by atoms with E-state index in [9.17, 15) is 4.79 Å². The van der Waals surface area contributed by atoms with Gasteiger partial charge in [-0.3, -0.25) is 4.79 Å². The molecule has 1 aromatic rings. The molecule has 0 aromatic carbocycles. The first-order valence-corrected chi connectivity index (χ1v) is 4.93. The van der Waals surface area contributed by atoms with Crippen molar-refractivity contribution in [1.29, 1.82) is 0 Å². The predicted molar refractivity (Wildman–Crippen MR) is 51.7 cm³/mol. The highest BCUT2D eigenvalue weighted by molar-refractivity contribution is 7.07. The van der Waals surface area contributed by atoms with Gasteiger partial charge in [0, 0.05) is 24.2 Å². The molecule has 12 heavy (non-hydrogen) atoms. The van der Waals surface area contributed by atoms with Gasteiger partial charge in [-0.1, -0.05) is 25.2 Å². The van der Waals surface area contributed by atoms with Gasteiger partial charge in [0.2, 0.25) is 0 Å². The molecule has 0 radical (unpaired) electrons. The van der Waals surface area contributed by atoms with Crippen LogP contribution >= 0.6 is 11.3 Å². The van der Waals surface area contributed by atoms with Crippen LogP contribution in [0.3, 0.4) is 0 Å². The summed E-state index contributed by atoms with van der Waals surface area (Å²) >= 11 is 1.25. The Morgan fingerprint density at radius 1 is 1.67 bits per heavy atom. The second kappa shape index (κ2) is 3.87. The summed E-state index contributed by atoms with van der Waals surface area (Å²) in [6.45, 7) is 5.31. The van der Waals surface area contributed by atoms with Gasteiger partial charge in [-0.05, 0) is 5.92 Å². The third kappa shape index (κ3) is 1.76. The second-order valence-electron chi connectivity index (χ2n) is 3.02. The summed E-state index contributed by atoms with van der Waals surface area (Å²) in [7, 11) is 0. The van der Waals surface area contributed by atoms with Gasteiger partial charge in [0.25, 0.3) is 0 Å². The van der Waals surface area contributed by atoms with Crippen molar-refractivity contribution in [2.75, 3.05) is 6.54 Å². The monoisotopic (exact) mass is 186 g/mol. The molecule has 3 nitrogen and oxygen atoms in total. The molecule has 0 saturated heterocycles. The van der Waals surface area contributed by atoms with Crippen LogP contribution in [0.4, 0.5) is 0 Å². The van der Waals surface area contributed by atoms with E-state index in [4.69, 9.17) is 5.73 Å². The van der Waals surface area contributed by atoms with Crippen molar-refractivity contribution in [3.05, 3.63) is 20.7 Å². The number of nitrogens with zero attached hydrogens (tertiary/aromatic N) is 1. The van der Waals surface area contributed by atoms with E-state index in [1.165, 1.54) is 11.3 Å². The first-order chi connectivity index (χ1) is 5.66. The van der Waals surface area contributed by atoms with E-state index in [-0.39, 0.29) is 4.87 Å². The van der Waals surface area contributed by atoms with Crippen LogP contribution in [-0.4, -0.2) is 11.1 Å². The van der Waals surface area contributed by atoms with E-state index < -0.39 is 0 Å². The predicted octanol–water partition coefficient (Wildman–Crippen LogP) is 0.992. The van der Waals surface area contributed by atoms with Gasteiger partial charge in [0.1, 0.15) is 0 Å². The summed E-state index contributed by atoms with van der Waals surface area (Å²) < 4.78 is 1.76. The van der Waals surface area contributed by atoms with Crippen LogP contribution in [0, 0.1) is 0 Å². The van der Waals surface area contributed by atoms with Crippen LogP contribution in [-0.2, 0) is 6.54 Å². The first-order valence-electron chi connectivity index (χ1n) is 4.05. The van der Waals surface area contributed by atoms with E-state index in [0.717, 1.165) is 5.69 Å². The maximum Gasteiger partial charge on any atom is 0.307 e. The Morgan fingerprint density at radius 2 is 2.33 bits per heavy atom. The fourth-order valence-electron chi connectivity index (χ4n) is 1.14. The van der Waals surface area contributed by atoms with Crippen LogP contribution in [0.25, 0.3) is 0 Å². The minimum atomic E-state index is 0.101. The van der Waals surface area contributed by atoms with Crippen molar-refractivity contribution in [3.63, 3.8) is 0 Å². The third-order valence-corrected chi connectivity index (χ3v) is 2.54. The number of thiazole rings is 1. The maximum atomic E-state index is 11.3. The van der Waals surface area contributed by atoms with E-state index in [1.54, 1.807) is 4.57 Å². The van der Waals surface area contributed by atoms with Crippen LogP contribution in [0.5, 0.6) is 0 Å². The first kappa shape index (κ1) is 9.48. The fourth-order valence-corrected chi connectivity index (χ4v) is 2.09. The van der Waals surface area contributed by atoms with Crippen LogP contribution in [0.1, 0.15) is 25.5 Å². The SMILES string of the molecule is CC(C)c1csc(=O)n1CCN. The molecule has 0 aliphatic carbocycles. The fraction of sp³-hybridized carbons (Fsp3) is 0.625. The summed E-state index contributed by atoms with van der Waals surface area (Å²) in [5.74, 6) is 0.399. The largest absolute Gasteiger partial charge is 0.329 e. The van der Waals surface area contributed by atoms with Crippen molar-refractivity contribution < 1.29 is 0 Å². The molecule has 1 heterocycles. The molecule has 1 rings (SSSR count). The molecular formula is C8H14N2OS. The zero-order chi connectivity index (χ0) is 9.14. The number of hydrogen-bond donors (Lipinski definition) is 1. The molecule has 0 aliphatic rings. The minimum Gasteiger partial charge on any atom is -0.329 e. The summed E-state index contributed by atoms with van der Waals surface area (Å²) in [6.07, 6.45) is 0. The Hall–Kier alpha value is -0.610. The quantitative estimate of drug-likeness (QED) is 0.765. The lowest BCUT2D eigenvalue weighted by molar-refractivity contribution is 0.631. The lowest BCUT2D eigenvalue weighted by atomic mass is 10.1. The Kier molecular flexibility index (Phi) is 3.05. The molecule has 0 saturated carbocycles. The van der Waals surface area contributed by atoms with E-state index in [2.05, 4.69) is 13.8 Å². The zero-order valence-corrected chi connectivity index (χ0v) is 8.23. The average molecular weight is 186 g/mol. The molecule has 0 amide bonds. The highest BCUT2D eigenvalue weighted by Gasteiger charge is 2.08. The van der Waals surface area contributed by atoms with Gasteiger partial charge in [0.05, 0.1) is 0 Å². The maximum absolute atomic E-state index is 11.3. The highest BCUT2D eigenvalue weighted by Crippen LogP contribution is 2.13. The lowest BCUT2D eigenvalue weighted by Gasteiger charge is -2.07. The van der Waals surface area contributed by atoms with Gasteiger partial charge < -0.3 is 10.3 Å². The second-order valence-corrected chi connectivity index (χ2v) is 3.84. The summed E-state index contributed by atoms with van der Waals surface area (Å²) in [5, 5.41) is 1.92. The molecule has 0 aliphatic heterocycles. The molecule has 0 spiro atoms. The molecule has 0 fully saturated rings. The molecule has 68 valence electrons. The van der Waals surface area contributed by atoms with Crippen molar-refractivity contribution in [3.8, 4) is 0 Å². The Bertz CT molecular complexity index is 300. The Morgan fingerprint density at radius 3 is 2.83 bits per heavy atom. The van der Waals surface area contributed by atoms with Gasteiger partial charge >= 0.3 is 4.87 Å². The van der Waals surface area contributed by atoms with E-state index in [0.29, 0.717) is 19.0 Å². The van der Waals surface area contributed by atoms with Crippen molar-refractivity contribution in [2.45, 2.75) is 26.3 Å². The molecule has 1 aromatic heterocycles. The van der Waals surface area contributed by atoms with Gasteiger partial charge in [-0.25, -0.2) is 0 Å². The molecular weight excluding hydrogens is 172 g/mol. The van der Waals surface area contributed by atoms with Gasteiger partial charge in [-0.15, -0.1) is 0 Å². The third-order valence-electron chi connectivity index (χ3n) is 1.76. The Labute approximate surface area is 75.8 Å². The normalized spacial score (nSPS) is 11.0. The molecule has 2 N–H and O–H groups in total. The standard InChI is InChI=1S/C8H14N2OS/c1-6(2)7-5-12-8(11)10(7)4-3-9/h5-6H,3-4,9H2,1-2H3. The number of rotatable bonds is 3. The zero-order valence-electron chi connectivity index (χ0n) is 7.41. The highest BCUT2D eigenvalue weighted by atomic mass is 32.1. The molecule has 0 unspecified atom stereocenters. The smallest absolute Gasteiger partial charge is 0.307 e. The molecule has 0 atom stereocenters. The Balaban J connectivity index is 3.04. The number of hydrogen-bond acceptors (Lipinski definition) is 3. The van der Waals surface area contributed by atoms with Crippen LogP contribution in [0.2, 0.25) is 0 Å². The number of aromatic nitrogens is 1. The topological polar surface area (TPSA) is 48.0 Å². The molecule has 0 bridgehead atoms. The summed E-state index contributed by atoms with van der Waals surface area (Å²) in [4.78, 5) is 11.4. The van der Waals surface area contributed by atoms with Gasteiger partial charge in [0.15, 0.2) is 0 Å². The number of nitrogens with two attached hydrogens (primary N) is 1. The van der Waals surface area contributed by atoms with E-state index in [1.807, 2.05) is 5.38 Å². The van der Waals surface area contributed by atoms with E-state index >= 15 is 0 Å². The lowest BCUT2D eigenvalue weighted by Crippen LogP contribution is -2.21. The summed E-state index contributed by atoms with van der Waals surface area (Å²) in [5.41, 5.74) is 6.50.